The topological polar surface area (TPSA) is 57.6 Å². The van der Waals surface area contributed by atoms with Gasteiger partial charge >= 0.3 is 5.97 Å². The van der Waals surface area contributed by atoms with E-state index in [0.29, 0.717) is 13.0 Å². The van der Waals surface area contributed by atoms with Gasteiger partial charge in [-0.3, -0.25) is 4.79 Å². The molecular weight excluding hydrogens is 266 g/mol. The lowest BCUT2D eigenvalue weighted by molar-refractivity contribution is -0.148. The first-order valence-corrected chi connectivity index (χ1v) is 7.72. The predicted octanol–water partition coefficient (Wildman–Crippen LogP) is 2.65. The third kappa shape index (κ3) is 4.06. The van der Waals surface area contributed by atoms with Crippen LogP contribution < -0.4 is 0 Å². The average molecular weight is 289 g/mol. The molecule has 4 heteroatoms. The van der Waals surface area contributed by atoms with Crippen LogP contribution in [0.4, 0.5) is 0 Å². The van der Waals surface area contributed by atoms with Crippen molar-refractivity contribution in [3.63, 3.8) is 0 Å². The number of rotatable bonds is 6. The minimum atomic E-state index is -0.893. The molecule has 114 valence electrons. The SMILES string of the molecule is CCCCc1ccc(CC(=O)N2CCCC2C(=O)O)cc1. The van der Waals surface area contributed by atoms with Gasteiger partial charge in [-0.2, -0.15) is 0 Å². The van der Waals surface area contributed by atoms with Crippen LogP contribution >= 0.6 is 0 Å². The number of aryl methyl sites for hydroxylation is 1. The highest BCUT2D eigenvalue weighted by atomic mass is 16.4. The lowest BCUT2D eigenvalue weighted by Crippen LogP contribution is -2.41. The molecule has 1 aromatic rings. The summed E-state index contributed by atoms with van der Waals surface area (Å²) >= 11 is 0. The van der Waals surface area contributed by atoms with Crippen molar-refractivity contribution in [3.8, 4) is 0 Å². The van der Waals surface area contributed by atoms with E-state index in [1.807, 2.05) is 12.1 Å². The average Bonchev–Trinajstić information content (AvgIpc) is 2.96. The molecular formula is C17H23NO3. The van der Waals surface area contributed by atoms with Crippen molar-refractivity contribution < 1.29 is 14.7 Å². The summed E-state index contributed by atoms with van der Waals surface area (Å²) in [6, 6.07) is 7.46. The Kier molecular flexibility index (Phi) is 5.37. The number of likely N-dealkylation sites (tertiary alicyclic amines) is 1. The van der Waals surface area contributed by atoms with Gasteiger partial charge in [0.05, 0.1) is 6.42 Å². The van der Waals surface area contributed by atoms with E-state index in [9.17, 15) is 9.59 Å². The molecule has 2 rings (SSSR count). The Labute approximate surface area is 125 Å². The predicted molar refractivity (Wildman–Crippen MR) is 81.1 cm³/mol. The highest BCUT2D eigenvalue weighted by molar-refractivity contribution is 5.85. The number of hydrogen-bond acceptors (Lipinski definition) is 2. The lowest BCUT2D eigenvalue weighted by atomic mass is 10.0. The smallest absolute Gasteiger partial charge is 0.326 e. The highest BCUT2D eigenvalue weighted by Gasteiger charge is 2.33. The maximum Gasteiger partial charge on any atom is 0.326 e. The monoisotopic (exact) mass is 289 g/mol. The molecule has 0 spiro atoms. The van der Waals surface area contributed by atoms with Crippen LogP contribution in [-0.4, -0.2) is 34.5 Å². The first kappa shape index (κ1) is 15.5. The number of carbonyl (C=O) groups is 2. The number of unbranched alkanes of at least 4 members (excludes halogenated alkanes) is 1. The minimum absolute atomic E-state index is 0.0822. The molecule has 1 fully saturated rings. The lowest BCUT2D eigenvalue weighted by Gasteiger charge is -2.21. The second kappa shape index (κ2) is 7.25. The van der Waals surface area contributed by atoms with Gasteiger partial charge in [0.1, 0.15) is 6.04 Å². The number of carboxylic acid groups (broad SMARTS) is 1. The van der Waals surface area contributed by atoms with Gasteiger partial charge in [-0.15, -0.1) is 0 Å². The van der Waals surface area contributed by atoms with Crippen molar-refractivity contribution in [1.82, 2.24) is 4.90 Å². The molecule has 1 atom stereocenters. The zero-order valence-corrected chi connectivity index (χ0v) is 12.5. The van der Waals surface area contributed by atoms with E-state index in [4.69, 9.17) is 5.11 Å². The molecule has 0 bridgehead atoms. The second-order valence-corrected chi connectivity index (χ2v) is 5.68. The van der Waals surface area contributed by atoms with E-state index in [1.54, 1.807) is 0 Å². The van der Waals surface area contributed by atoms with Crippen molar-refractivity contribution in [3.05, 3.63) is 35.4 Å². The number of carboxylic acids is 1. The van der Waals surface area contributed by atoms with Crippen LogP contribution in [0, 0.1) is 0 Å². The normalized spacial score (nSPS) is 18.0. The Balaban J connectivity index is 1.94. The van der Waals surface area contributed by atoms with Crippen molar-refractivity contribution in [2.75, 3.05) is 6.54 Å². The van der Waals surface area contributed by atoms with E-state index >= 15 is 0 Å². The van der Waals surface area contributed by atoms with E-state index < -0.39 is 12.0 Å². The molecule has 1 heterocycles. The Morgan fingerprint density at radius 3 is 2.52 bits per heavy atom. The van der Waals surface area contributed by atoms with Crippen LogP contribution in [0.1, 0.15) is 43.7 Å². The number of carbonyl (C=O) groups excluding carboxylic acids is 1. The summed E-state index contributed by atoms with van der Waals surface area (Å²) in [5.74, 6) is -0.975. The van der Waals surface area contributed by atoms with Gasteiger partial charge in [-0.05, 0) is 36.8 Å². The maximum atomic E-state index is 12.2. The third-order valence-electron chi connectivity index (χ3n) is 4.06. The fourth-order valence-corrected chi connectivity index (χ4v) is 2.80. The molecule has 1 aromatic carbocycles. The van der Waals surface area contributed by atoms with Gasteiger partial charge in [0.2, 0.25) is 5.91 Å². The third-order valence-corrected chi connectivity index (χ3v) is 4.06. The Bertz CT molecular complexity index is 495. The molecule has 0 aliphatic carbocycles. The molecule has 1 aliphatic heterocycles. The fourth-order valence-electron chi connectivity index (χ4n) is 2.80. The zero-order chi connectivity index (χ0) is 15.2. The fraction of sp³-hybridized carbons (Fsp3) is 0.529. The van der Waals surface area contributed by atoms with E-state index in [2.05, 4.69) is 19.1 Å². The minimum Gasteiger partial charge on any atom is -0.480 e. The quantitative estimate of drug-likeness (QED) is 0.876. The van der Waals surface area contributed by atoms with Crippen LogP contribution in [0.25, 0.3) is 0 Å². The summed E-state index contributed by atoms with van der Waals surface area (Å²) < 4.78 is 0. The van der Waals surface area contributed by atoms with Gasteiger partial charge in [-0.25, -0.2) is 4.79 Å². The molecule has 0 aromatic heterocycles. The number of nitrogens with zero attached hydrogens (tertiary/aromatic N) is 1. The summed E-state index contributed by atoms with van der Waals surface area (Å²) in [6.45, 7) is 2.73. The molecule has 0 radical (unpaired) electrons. The van der Waals surface area contributed by atoms with Crippen LogP contribution in [0.3, 0.4) is 0 Å². The Morgan fingerprint density at radius 1 is 1.24 bits per heavy atom. The molecule has 0 saturated carbocycles. The first-order chi connectivity index (χ1) is 10.1. The maximum absolute atomic E-state index is 12.2. The molecule has 1 N–H and O–H groups in total. The largest absolute Gasteiger partial charge is 0.480 e. The molecule has 1 aliphatic rings. The van der Waals surface area contributed by atoms with E-state index in [-0.39, 0.29) is 12.3 Å². The highest BCUT2D eigenvalue weighted by Crippen LogP contribution is 2.19. The molecule has 1 amide bonds. The van der Waals surface area contributed by atoms with Crippen molar-refractivity contribution in [2.24, 2.45) is 0 Å². The molecule has 1 unspecified atom stereocenters. The summed E-state index contributed by atoms with van der Waals surface area (Å²) in [4.78, 5) is 24.9. The summed E-state index contributed by atoms with van der Waals surface area (Å²) in [5, 5.41) is 9.12. The standard InChI is InChI=1S/C17H23NO3/c1-2-3-5-13-7-9-14(10-8-13)12-16(19)18-11-4-6-15(18)17(20)21/h7-10,15H,2-6,11-12H2,1H3,(H,20,21). The Morgan fingerprint density at radius 2 is 1.90 bits per heavy atom. The van der Waals surface area contributed by atoms with Crippen molar-refractivity contribution in [2.45, 2.75) is 51.5 Å². The summed E-state index contributed by atoms with van der Waals surface area (Å²) in [7, 11) is 0. The number of benzene rings is 1. The molecule has 1 saturated heterocycles. The molecule has 21 heavy (non-hydrogen) atoms. The Hall–Kier alpha value is -1.84. The summed E-state index contributed by atoms with van der Waals surface area (Å²) in [6.07, 6.45) is 5.05. The first-order valence-electron chi connectivity index (χ1n) is 7.72. The summed E-state index contributed by atoms with van der Waals surface area (Å²) in [5.41, 5.74) is 2.24. The van der Waals surface area contributed by atoms with Crippen LogP contribution in [0.2, 0.25) is 0 Å². The van der Waals surface area contributed by atoms with Gasteiger partial charge in [-0.1, -0.05) is 37.6 Å². The van der Waals surface area contributed by atoms with Gasteiger partial charge < -0.3 is 10.0 Å². The number of hydrogen-bond donors (Lipinski definition) is 1. The number of aliphatic carboxylic acids is 1. The molecule has 4 nitrogen and oxygen atoms in total. The van der Waals surface area contributed by atoms with E-state index in [0.717, 1.165) is 18.4 Å². The number of amides is 1. The van der Waals surface area contributed by atoms with Crippen LogP contribution in [0.5, 0.6) is 0 Å². The van der Waals surface area contributed by atoms with E-state index in [1.165, 1.54) is 23.3 Å². The van der Waals surface area contributed by atoms with Gasteiger partial charge in [0, 0.05) is 6.54 Å². The van der Waals surface area contributed by atoms with Gasteiger partial charge in [0.25, 0.3) is 0 Å². The zero-order valence-electron chi connectivity index (χ0n) is 12.5. The van der Waals surface area contributed by atoms with Crippen molar-refractivity contribution in [1.29, 1.82) is 0 Å². The van der Waals surface area contributed by atoms with Crippen molar-refractivity contribution >= 4 is 11.9 Å². The van der Waals surface area contributed by atoms with Gasteiger partial charge in [0.15, 0.2) is 0 Å². The van der Waals surface area contributed by atoms with Crippen LogP contribution in [0.15, 0.2) is 24.3 Å². The second-order valence-electron chi connectivity index (χ2n) is 5.68. The van der Waals surface area contributed by atoms with Crippen LogP contribution in [-0.2, 0) is 22.4 Å².